The molecule has 0 fully saturated rings. The Morgan fingerprint density at radius 2 is 1.84 bits per heavy atom. The number of carbonyl (C=O) groups is 1. The van der Waals surface area contributed by atoms with E-state index in [2.05, 4.69) is 0 Å². The van der Waals surface area contributed by atoms with Crippen LogP contribution in [0.5, 0.6) is 0 Å². The van der Waals surface area contributed by atoms with E-state index in [0.29, 0.717) is 18.4 Å². The topological polar surface area (TPSA) is 60.4 Å². The van der Waals surface area contributed by atoms with Gasteiger partial charge in [-0.1, -0.05) is 25.1 Å². The van der Waals surface area contributed by atoms with E-state index in [1.807, 2.05) is 6.92 Å². The zero-order valence-corrected chi connectivity index (χ0v) is 11.7. The Labute approximate surface area is 113 Å². The van der Waals surface area contributed by atoms with Crippen molar-refractivity contribution in [2.75, 3.05) is 0 Å². The lowest BCUT2D eigenvalue weighted by Gasteiger charge is -2.21. The highest BCUT2D eigenvalue weighted by atomic mass is 32.2. The first-order valence-electron chi connectivity index (χ1n) is 6.15. The molecular formula is C14H16O4S. The maximum absolute atomic E-state index is 12.1. The summed E-state index contributed by atoms with van der Waals surface area (Å²) in [5, 5.41) is 0. The second-order valence-corrected chi connectivity index (χ2v) is 6.25. The first kappa shape index (κ1) is 13.8. The van der Waals surface area contributed by atoms with Crippen LogP contribution in [0, 0.1) is 5.92 Å². The third-order valence-electron chi connectivity index (χ3n) is 3.28. The molecule has 1 atom stereocenters. The predicted molar refractivity (Wildman–Crippen MR) is 70.8 cm³/mol. The number of ketones is 1. The fourth-order valence-corrected chi connectivity index (χ4v) is 3.10. The highest BCUT2D eigenvalue weighted by molar-refractivity contribution is 7.86. The van der Waals surface area contributed by atoms with Crippen LogP contribution in [0.2, 0.25) is 0 Å². The van der Waals surface area contributed by atoms with Gasteiger partial charge >= 0.3 is 10.1 Å². The lowest BCUT2D eigenvalue weighted by molar-refractivity contribution is -0.119. The second kappa shape index (κ2) is 5.17. The predicted octanol–water partition coefficient (Wildman–Crippen LogP) is 2.66. The Hall–Kier alpha value is -1.62. The van der Waals surface area contributed by atoms with Crippen LogP contribution in [0.25, 0.3) is 0 Å². The number of rotatable bonds is 3. The van der Waals surface area contributed by atoms with Gasteiger partial charge < -0.3 is 4.18 Å². The van der Waals surface area contributed by atoms with Gasteiger partial charge in [-0.2, -0.15) is 8.42 Å². The van der Waals surface area contributed by atoms with Crippen molar-refractivity contribution in [2.24, 2.45) is 5.92 Å². The molecule has 0 heterocycles. The molecule has 4 nitrogen and oxygen atoms in total. The van der Waals surface area contributed by atoms with E-state index in [9.17, 15) is 13.2 Å². The molecule has 1 aliphatic rings. The van der Waals surface area contributed by atoms with E-state index in [0.717, 1.165) is 0 Å². The van der Waals surface area contributed by atoms with E-state index < -0.39 is 10.1 Å². The summed E-state index contributed by atoms with van der Waals surface area (Å²) in [4.78, 5) is 11.9. The summed E-state index contributed by atoms with van der Waals surface area (Å²) >= 11 is 0. The van der Waals surface area contributed by atoms with Crippen LogP contribution in [0.3, 0.4) is 0 Å². The molecule has 0 aliphatic heterocycles. The second-order valence-electron chi connectivity index (χ2n) is 4.70. The molecule has 1 aromatic carbocycles. The molecule has 19 heavy (non-hydrogen) atoms. The van der Waals surface area contributed by atoms with Crippen LogP contribution < -0.4 is 0 Å². The van der Waals surface area contributed by atoms with Crippen LogP contribution in [0.4, 0.5) is 0 Å². The van der Waals surface area contributed by atoms with Crippen molar-refractivity contribution in [1.29, 1.82) is 0 Å². The lowest BCUT2D eigenvalue weighted by atomic mass is 9.88. The van der Waals surface area contributed by atoms with Crippen LogP contribution >= 0.6 is 0 Å². The quantitative estimate of drug-likeness (QED) is 0.799. The minimum Gasteiger partial charge on any atom is -0.383 e. The fraction of sp³-hybridized carbons (Fsp3) is 0.357. The lowest BCUT2D eigenvalue weighted by Crippen LogP contribution is -2.21. The van der Waals surface area contributed by atoms with Crippen molar-refractivity contribution in [3.05, 3.63) is 41.7 Å². The van der Waals surface area contributed by atoms with E-state index in [1.165, 1.54) is 12.1 Å². The van der Waals surface area contributed by atoms with Crippen LogP contribution in [0.15, 0.2) is 46.6 Å². The molecule has 0 N–H and O–H groups in total. The summed E-state index contributed by atoms with van der Waals surface area (Å²) in [6.07, 6.45) is 1.10. The Morgan fingerprint density at radius 3 is 2.47 bits per heavy atom. The van der Waals surface area contributed by atoms with Gasteiger partial charge in [0.2, 0.25) is 0 Å². The van der Waals surface area contributed by atoms with Gasteiger partial charge in [-0.15, -0.1) is 0 Å². The van der Waals surface area contributed by atoms with Crippen molar-refractivity contribution in [1.82, 2.24) is 0 Å². The third-order valence-corrected chi connectivity index (χ3v) is 4.55. The maximum Gasteiger partial charge on any atom is 0.338 e. The van der Waals surface area contributed by atoms with Gasteiger partial charge in [0.1, 0.15) is 10.7 Å². The highest BCUT2D eigenvalue weighted by Gasteiger charge is 2.28. The zero-order chi connectivity index (χ0) is 14.0. The van der Waals surface area contributed by atoms with Gasteiger partial charge in [0.05, 0.1) is 0 Å². The van der Waals surface area contributed by atoms with Gasteiger partial charge in [-0.25, -0.2) is 0 Å². The number of hydrogen-bond donors (Lipinski definition) is 0. The molecule has 2 rings (SSSR count). The molecular weight excluding hydrogens is 264 g/mol. The maximum atomic E-state index is 12.1. The molecule has 0 saturated carbocycles. The van der Waals surface area contributed by atoms with E-state index in [4.69, 9.17) is 4.18 Å². The van der Waals surface area contributed by atoms with Gasteiger partial charge in [-0.05, 0) is 25.5 Å². The summed E-state index contributed by atoms with van der Waals surface area (Å²) < 4.78 is 29.3. The largest absolute Gasteiger partial charge is 0.383 e. The average molecular weight is 280 g/mol. The van der Waals surface area contributed by atoms with E-state index >= 15 is 0 Å². The van der Waals surface area contributed by atoms with Crippen LogP contribution in [0.1, 0.15) is 26.7 Å². The summed E-state index contributed by atoms with van der Waals surface area (Å²) in [7, 11) is -3.84. The molecule has 1 unspecified atom stereocenters. The molecule has 0 radical (unpaired) electrons. The van der Waals surface area contributed by atoms with E-state index in [-0.39, 0.29) is 22.4 Å². The van der Waals surface area contributed by atoms with Gasteiger partial charge in [0.25, 0.3) is 0 Å². The standard InChI is InChI=1S/C14H16O4S/c1-10-8-9-13(11(2)14(10)15)18-19(16,17)12-6-4-3-5-7-12/h3-7,10H,8-9H2,1-2H3. The van der Waals surface area contributed by atoms with Gasteiger partial charge in [0, 0.05) is 17.9 Å². The van der Waals surface area contributed by atoms with Crippen molar-refractivity contribution >= 4 is 15.9 Å². The summed E-state index contributed by atoms with van der Waals surface area (Å²) in [6.45, 7) is 3.46. The molecule has 1 aliphatic carbocycles. The minimum absolute atomic E-state index is 0.0375. The summed E-state index contributed by atoms with van der Waals surface area (Å²) in [5.41, 5.74) is 0.415. The molecule has 0 saturated heterocycles. The van der Waals surface area contributed by atoms with Crippen molar-refractivity contribution < 1.29 is 17.4 Å². The Balaban J connectivity index is 2.29. The SMILES string of the molecule is CC1=C(OS(=O)(=O)c2ccccc2)CCC(C)C1=O. The molecule has 0 bridgehead atoms. The monoisotopic (exact) mass is 280 g/mol. The Morgan fingerprint density at radius 1 is 1.21 bits per heavy atom. The Bertz CT molecular complexity index is 614. The number of allylic oxidation sites excluding steroid dienone is 2. The highest BCUT2D eigenvalue weighted by Crippen LogP contribution is 2.29. The van der Waals surface area contributed by atoms with Crippen LogP contribution in [-0.2, 0) is 19.1 Å². The number of Topliss-reactive ketones (excluding diaryl/α,β-unsaturated/α-hetero) is 1. The van der Waals surface area contributed by atoms with E-state index in [1.54, 1.807) is 25.1 Å². The van der Waals surface area contributed by atoms with Gasteiger partial charge in [-0.3, -0.25) is 4.79 Å². The van der Waals surface area contributed by atoms with Crippen LogP contribution in [-0.4, -0.2) is 14.2 Å². The van der Waals surface area contributed by atoms with Crippen molar-refractivity contribution in [3.63, 3.8) is 0 Å². The Kier molecular flexibility index (Phi) is 3.75. The minimum atomic E-state index is -3.84. The molecule has 0 amide bonds. The first-order chi connectivity index (χ1) is 8.92. The van der Waals surface area contributed by atoms with Crippen molar-refractivity contribution in [2.45, 2.75) is 31.6 Å². The molecule has 0 spiro atoms. The molecule has 0 aromatic heterocycles. The summed E-state index contributed by atoms with van der Waals surface area (Å²) in [5.74, 6) is 0.170. The molecule has 1 aromatic rings. The molecule has 102 valence electrons. The fourth-order valence-electron chi connectivity index (χ4n) is 2.05. The normalized spacial score (nSPS) is 20.5. The smallest absolute Gasteiger partial charge is 0.338 e. The van der Waals surface area contributed by atoms with Crippen molar-refractivity contribution in [3.8, 4) is 0 Å². The third kappa shape index (κ3) is 2.87. The summed E-state index contributed by atoms with van der Waals surface area (Å²) in [6, 6.07) is 7.93. The number of hydrogen-bond acceptors (Lipinski definition) is 4. The number of carbonyl (C=O) groups excluding carboxylic acids is 1. The van der Waals surface area contributed by atoms with Gasteiger partial charge in [0.15, 0.2) is 5.78 Å². The zero-order valence-electron chi connectivity index (χ0n) is 10.9. The first-order valence-corrected chi connectivity index (χ1v) is 7.56. The number of benzene rings is 1. The average Bonchev–Trinajstić information content (AvgIpc) is 2.40. The molecule has 5 heteroatoms.